The first kappa shape index (κ1) is 10.7. The zero-order chi connectivity index (χ0) is 11.8. The van der Waals surface area contributed by atoms with Crippen molar-refractivity contribution in [1.29, 1.82) is 0 Å². The van der Waals surface area contributed by atoms with Crippen molar-refractivity contribution in [3.05, 3.63) is 29.6 Å². The predicted octanol–water partition coefficient (Wildman–Crippen LogP) is 0.967. The molecule has 0 bridgehead atoms. The Hall–Kier alpha value is -1.78. The highest BCUT2D eigenvalue weighted by atomic mass is 19.1. The molecule has 0 aromatic heterocycles. The van der Waals surface area contributed by atoms with Gasteiger partial charge in [-0.25, -0.2) is 4.39 Å². The molecule has 1 unspecified atom stereocenters. The fourth-order valence-electron chi connectivity index (χ4n) is 1.96. The van der Waals surface area contributed by atoms with Crippen LogP contribution in [0.1, 0.15) is 12.5 Å². The predicted molar refractivity (Wildman–Crippen MR) is 59.9 cm³/mol. The van der Waals surface area contributed by atoms with Crippen molar-refractivity contribution in [2.24, 2.45) is 10.7 Å². The number of methoxy groups -OCH3 is 1. The highest BCUT2D eigenvalue weighted by Gasteiger charge is 2.36. The van der Waals surface area contributed by atoms with E-state index in [2.05, 4.69) is 10.3 Å². The molecule has 0 spiro atoms. The van der Waals surface area contributed by atoms with Gasteiger partial charge in [0.15, 0.2) is 5.96 Å². The molecule has 1 aromatic rings. The van der Waals surface area contributed by atoms with Gasteiger partial charge in [-0.3, -0.25) is 4.99 Å². The summed E-state index contributed by atoms with van der Waals surface area (Å²) >= 11 is 0. The first-order valence-corrected chi connectivity index (χ1v) is 4.98. The minimum Gasteiger partial charge on any atom is -0.496 e. The van der Waals surface area contributed by atoms with Crippen molar-refractivity contribution in [2.45, 2.75) is 12.5 Å². The molecule has 86 valence electrons. The van der Waals surface area contributed by atoms with Gasteiger partial charge in [0.05, 0.1) is 24.8 Å². The second-order valence-corrected chi connectivity index (χ2v) is 3.98. The second-order valence-electron chi connectivity index (χ2n) is 3.98. The van der Waals surface area contributed by atoms with E-state index in [1.54, 1.807) is 12.1 Å². The van der Waals surface area contributed by atoms with E-state index in [1.165, 1.54) is 13.2 Å². The van der Waals surface area contributed by atoms with Gasteiger partial charge in [-0.1, -0.05) is 6.07 Å². The van der Waals surface area contributed by atoms with Gasteiger partial charge in [0.2, 0.25) is 0 Å². The summed E-state index contributed by atoms with van der Waals surface area (Å²) in [6.07, 6.45) is 0. The van der Waals surface area contributed by atoms with Crippen molar-refractivity contribution >= 4 is 5.96 Å². The van der Waals surface area contributed by atoms with Crippen LogP contribution in [0, 0.1) is 5.82 Å². The van der Waals surface area contributed by atoms with Gasteiger partial charge in [-0.05, 0) is 19.1 Å². The third-order valence-corrected chi connectivity index (χ3v) is 2.72. The third-order valence-electron chi connectivity index (χ3n) is 2.72. The molecule has 0 saturated carbocycles. The van der Waals surface area contributed by atoms with Crippen LogP contribution in [0.5, 0.6) is 5.75 Å². The van der Waals surface area contributed by atoms with Gasteiger partial charge in [0.25, 0.3) is 0 Å². The average Bonchev–Trinajstić information content (AvgIpc) is 2.59. The summed E-state index contributed by atoms with van der Waals surface area (Å²) < 4.78 is 19.0. The SMILES string of the molecule is COc1cccc(F)c1C1(C)CN=C(N)N1. The summed E-state index contributed by atoms with van der Waals surface area (Å²) in [6, 6.07) is 4.74. The number of nitrogens with two attached hydrogens (primary N) is 1. The lowest BCUT2D eigenvalue weighted by Gasteiger charge is -2.26. The molecule has 16 heavy (non-hydrogen) atoms. The Bertz CT molecular complexity index is 447. The van der Waals surface area contributed by atoms with Gasteiger partial charge in [-0.15, -0.1) is 0 Å². The Morgan fingerprint density at radius 3 is 2.88 bits per heavy atom. The monoisotopic (exact) mass is 223 g/mol. The smallest absolute Gasteiger partial charge is 0.189 e. The molecule has 4 nitrogen and oxygen atoms in total. The van der Waals surface area contributed by atoms with Crippen LogP contribution in [0.15, 0.2) is 23.2 Å². The van der Waals surface area contributed by atoms with E-state index in [1.807, 2.05) is 6.92 Å². The van der Waals surface area contributed by atoms with E-state index in [9.17, 15) is 4.39 Å². The van der Waals surface area contributed by atoms with Crippen molar-refractivity contribution in [1.82, 2.24) is 5.32 Å². The van der Waals surface area contributed by atoms with E-state index in [0.717, 1.165) is 0 Å². The van der Waals surface area contributed by atoms with Crippen molar-refractivity contribution < 1.29 is 9.13 Å². The number of nitrogens with zero attached hydrogens (tertiary/aromatic N) is 1. The van der Waals surface area contributed by atoms with Crippen LogP contribution in [-0.4, -0.2) is 19.6 Å². The molecule has 5 heteroatoms. The van der Waals surface area contributed by atoms with Crippen LogP contribution in [0.25, 0.3) is 0 Å². The van der Waals surface area contributed by atoms with Crippen LogP contribution >= 0.6 is 0 Å². The summed E-state index contributed by atoms with van der Waals surface area (Å²) in [5, 5.41) is 2.97. The number of ether oxygens (including phenoxy) is 1. The second kappa shape index (κ2) is 3.66. The summed E-state index contributed by atoms with van der Waals surface area (Å²) in [7, 11) is 1.51. The van der Waals surface area contributed by atoms with Gasteiger partial charge in [-0.2, -0.15) is 0 Å². The van der Waals surface area contributed by atoms with E-state index >= 15 is 0 Å². The molecular formula is C11H14FN3O. The maximum Gasteiger partial charge on any atom is 0.189 e. The maximum atomic E-state index is 13.8. The van der Waals surface area contributed by atoms with Crippen LogP contribution in [0.4, 0.5) is 4.39 Å². The summed E-state index contributed by atoms with van der Waals surface area (Å²) in [5.74, 6) is 0.506. The Labute approximate surface area is 93.3 Å². The average molecular weight is 223 g/mol. The van der Waals surface area contributed by atoms with Gasteiger partial charge in [0, 0.05) is 0 Å². The van der Waals surface area contributed by atoms with Gasteiger partial charge < -0.3 is 15.8 Å². The normalized spacial score (nSPS) is 23.8. The quantitative estimate of drug-likeness (QED) is 0.785. The Kier molecular flexibility index (Phi) is 2.46. The Morgan fingerprint density at radius 2 is 2.31 bits per heavy atom. The molecular weight excluding hydrogens is 209 g/mol. The summed E-state index contributed by atoms with van der Waals surface area (Å²) in [5.41, 5.74) is 5.39. The number of aliphatic imine (C=N–C) groups is 1. The van der Waals surface area contributed by atoms with E-state index < -0.39 is 5.54 Å². The van der Waals surface area contributed by atoms with E-state index in [-0.39, 0.29) is 5.82 Å². The zero-order valence-electron chi connectivity index (χ0n) is 9.25. The van der Waals surface area contributed by atoms with Gasteiger partial charge in [0.1, 0.15) is 11.6 Å². The van der Waals surface area contributed by atoms with Crippen LogP contribution in [0.3, 0.4) is 0 Å². The molecule has 1 atom stereocenters. The minimum atomic E-state index is -0.638. The lowest BCUT2D eigenvalue weighted by atomic mass is 9.91. The molecule has 0 radical (unpaired) electrons. The standard InChI is InChI=1S/C11H14FN3O/c1-11(6-14-10(13)15-11)9-7(12)4-3-5-8(9)16-2/h3-5H,6H2,1-2H3,(H3,13,14,15). The van der Waals surface area contributed by atoms with Gasteiger partial charge >= 0.3 is 0 Å². The number of nitrogens with one attached hydrogen (secondary N) is 1. The fraction of sp³-hybridized carbons (Fsp3) is 0.364. The Balaban J connectivity index is 2.48. The molecule has 1 aliphatic heterocycles. The molecule has 1 aromatic carbocycles. The number of hydrogen-bond acceptors (Lipinski definition) is 4. The molecule has 0 saturated heterocycles. The van der Waals surface area contributed by atoms with Crippen LogP contribution < -0.4 is 15.8 Å². The number of rotatable bonds is 2. The number of halogens is 1. The molecule has 1 heterocycles. The first-order valence-electron chi connectivity index (χ1n) is 4.98. The lowest BCUT2D eigenvalue weighted by molar-refractivity contribution is 0.371. The molecule has 0 amide bonds. The van der Waals surface area contributed by atoms with Crippen LogP contribution in [0.2, 0.25) is 0 Å². The van der Waals surface area contributed by atoms with Crippen molar-refractivity contribution in [3.63, 3.8) is 0 Å². The fourth-order valence-corrected chi connectivity index (χ4v) is 1.96. The van der Waals surface area contributed by atoms with Crippen molar-refractivity contribution in [2.75, 3.05) is 13.7 Å². The number of guanidine groups is 1. The first-order chi connectivity index (χ1) is 7.57. The number of benzene rings is 1. The topological polar surface area (TPSA) is 59.6 Å². The molecule has 3 N–H and O–H groups in total. The maximum absolute atomic E-state index is 13.8. The van der Waals surface area contributed by atoms with Crippen LogP contribution in [-0.2, 0) is 5.54 Å². The van der Waals surface area contributed by atoms with E-state index in [4.69, 9.17) is 10.5 Å². The molecule has 2 rings (SSSR count). The zero-order valence-corrected chi connectivity index (χ0v) is 9.25. The van der Waals surface area contributed by atoms with E-state index in [0.29, 0.717) is 23.8 Å². The summed E-state index contributed by atoms with van der Waals surface area (Å²) in [6.45, 7) is 2.24. The highest BCUT2D eigenvalue weighted by molar-refractivity contribution is 5.81. The lowest BCUT2D eigenvalue weighted by Crippen LogP contribution is -2.43. The van der Waals surface area contributed by atoms with Crippen molar-refractivity contribution in [3.8, 4) is 5.75 Å². The molecule has 0 aliphatic carbocycles. The number of hydrogen-bond donors (Lipinski definition) is 2. The highest BCUT2D eigenvalue weighted by Crippen LogP contribution is 2.34. The molecule has 0 fully saturated rings. The third kappa shape index (κ3) is 1.58. The Morgan fingerprint density at radius 1 is 1.56 bits per heavy atom. The largest absolute Gasteiger partial charge is 0.496 e. The summed E-state index contributed by atoms with van der Waals surface area (Å²) in [4.78, 5) is 4.04. The molecule has 1 aliphatic rings. The minimum absolute atomic E-state index is 0.320.